The number of rotatable bonds is 7. The number of hydrogen-bond acceptors (Lipinski definition) is 8. The number of anilines is 3. The van der Waals surface area contributed by atoms with Crippen molar-refractivity contribution in [1.29, 1.82) is 0 Å². The first kappa shape index (κ1) is 26.6. The van der Waals surface area contributed by atoms with Crippen molar-refractivity contribution in [3.05, 3.63) is 54.2 Å². The molecule has 5 N–H and O–H groups in total. The first-order chi connectivity index (χ1) is 17.9. The van der Waals surface area contributed by atoms with Crippen LogP contribution in [0.1, 0.15) is 63.0 Å². The van der Waals surface area contributed by atoms with E-state index < -0.39 is 9.84 Å². The summed E-state index contributed by atoms with van der Waals surface area (Å²) >= 11 is 0. The van der Waals surface area contributed by atoms with Crippen LogP contribution in [0.25, 0.3) is 0 Å². The van der Waals surface area contributed by atoms with Crippen LogP contribution in [0.15, 0.2) is 58.3 Å². The maximum atomic E-state index is 13.4. The summed E-state index contributed by atoms with van der Waals surface area (Å²) in [5.41, 5.74) is 1.10. The molecule has 37 heavy (non-hydrogen) atoms. The molecular formula is C26H33N5O5S. The molecular weight excluding hydrogens is 494 g/mol. The molecule has 3 aromatic rings. The lowest BCUT2D eigenvalue weighted by molar-refractivity contribution is -0.122. The second kappa shape index (κ2) is 12.2. The van der Waals surface area contributed by atoms with Crippen molar-refractivity contribution in [2.75, 3.05) is 10.6 Å². The zero-order chi connectivity index (χ0) is 26.3. The Bertz CT molecular complexity index is 1270. The lowest BCUT2D eigenvalue weighted by Crippen LogP contribution is -2.28. The molecule has 5 rings (SSSR count). The fourth-order valence-corrected chi connectivity index (χ4v) is 6.26. The summed E-state index contributed by atoms with van der Waals surface area (Å²) in [6, 6.07) is 13.7. The number of aromatic nitrogens is 3. The summed E-state index contributed by atoms with van der Waals surface area (Å²) < 4.78 is 26.7. The molecule has 0 amide bonds. The Balaban J connectivity index is 0.00000102. The predicted molar refractivity (Wildman–Crippen MR) is 140 cm³/mol. The van der Waals surface area contributed by atoms with E-state index in [1.165, 1.54) is 12.8 Å². The monoisotopic (exact) mass is 527 g/mol. The van der Waals surface area contributed by atoms with Gasteiger partial charge in [-0.25, -0.2) is 13.4 Å². The number of nitrogens with one attached hydrogen (secondary N) is 3. The molecule has 198 valence electrons. The van der Waals surface area contributed by atoms with E-state index in [9.17, 15) is 13.5 Å². The van der Waals surface area contributed by atoms with Crippen molar-refractivity contribution in [2.24, 2.45) is 0 Å². The second-order valence-corrected chi connectivity index (χ2v) is 11.4. The maximum absolute atomic E-state index is 13.4. The van der Waals surface area contributed by atoms with Gasteiger partial charge in [0.2, 0.25) is 9.84 Å². The summed E-state index contributed by atoms with van der Waals surface area (Å²) in [6.07, 6.45) is 7.60. The minimum Gasteiger partial charge on any atom is -0.483 e. The number of hydrogen-bond donors (Lipinski definition) is 5. The van der Waals surface area contributed by atoms with Crippen LogP contribution < -0.4 is 10.6 Å². The number of carboxylic acid groups (broad SMARTS) is 1. The Morgan fingerprint density at radius 3 is 2.22 bits per heavy atom. The molecule has 0 spiro atoms. The van der Waals surface area contributed by atoms with Gasteiger partial charge in [0.15, 0.2) is 5.82 Å². The van der Waals surface area contributed by atoms with Gasteiger partial charge in [0, 0.05) is 29.8 Å². The Labute approximate surface area is 216 Å². The standard InChI is InChI=1S/C25H31N5O3S.CH2O2/c31-19-12-10-18(11-13-19)26-23-14-21(34(32,33)20-8-2-1-3-9-20)15-24(27-23)28-25-16-22(29-30-25)17-6-4-5-7-17;2-1-3/h1-3,8-9,14-19,31H,4-7,10-13H2,(H3,26,27,28,29,30);1H,(H,2,3). The molecule has 2 saturated carbocycles. The number of aliphatic hydroxyl groups is 1. The van der Waals surface area contributed by atoms with E-state index >= 15 is 0 Å². The van der Waals surface area contributed by atoms with E-state index in [4.69, 9.17) is 9.90 Å². The van der Waals surface area contributed by atoms with Gasteiger partial charge in [-0.3, -0.25) is 9.89 Å². The summed E-state index contributed by atoms with van der Waals surface area (Å²) in [7, 11) is -3.72. The van der Waals surface area contributed by atoms with Gasteiger partial charge in [-0.1, -0.05) is 31.0 Å². The number of benzene rings is 1. The fourth-order valence-electron chi connectivity index (χ4n) is 4.94. The largest absolute Gasteiger partial charge is 0.483 e. The number of pyridine rings is 1. The quantitative estimate of drug-likeness (QED) is 0.280. The number of H-pyrrole nitrogens is 1. The molecule has 0 unspecified atom stereocenters. The zero-order valence-corrected chi connectivity index (χ0v) is 21.3. The molecule has 10 nitrogen and oxygen atoms in total. The van der Waals surface area contributed by atoms with Crippen LogP contribution in [-0.4, -0.2) is 52.4 Å². The topological polar surface area (TPSA) is 157 Å². The Kier molecular flexibility index (Phi) is 8.78. The zero-order valence-electron chi connectivity index (χ0n) is 20.5. The maximum Gasteiger partial charge on any atom is 0.290 e. The summed E-state index contributed by atoms with van der Waals surface area (Å²) in [4.78, 5) is 13.4. The number of aliphatic hydroxyl groups excluding tert-OH is 1. The van der Waals surface area contributed by atoms with Gasteiger partial charge in [-0.15, -0.1) is 0 Å². The number of aromatic amines is 1. The van der Waals surface area contributed by atoms with E-state index in [0.717, 1.165) is 44.2 Å². The Morgan fingerprint density at radius 1 is 0.892 bits per heavy atom. The molecule has 0 atom stereocenters. The smallest absolute Gasteiger partial charge is 0.290 e. The van der Waals surface area contributed by atoms with Gasteiger partial charge < -0.3 is 20.8 Å². The van der Waals surface area contributed by atoms with E-state index in [1.807, 2.05) is 6.07 Å². The molecule has 0 saturated heterocycles. The van der Waals surface area contributed by atoms with Crippen LogP contribution in [0.3, 0.4) is 0 Å². The second-order valence-electron chi connectivity index (χ2n) is 9.46. The molecule has 0 aliphatic heterocycles. The van der Waals surface area contributed by atoms with Crippen LogP contribution in [0.4, 0.5) is 17.5 Å². The fraction of sp³-hybridized carbons (Fsp3) is 0.423. The van der Waals surface area contributed by atoms with Crippen molar-refractivity contribution < 1.29 is 23.4 Å². The Hall–Kier alpha value is -3.44. The highest BCUT2D eigenvalue weighted by molar-refractivity contribution is 7.91. The van der Waals surface area contributed by atoms with Crippen LogP contribution in [0.5, 0.6) is 0 Å². The van der Waals surface area contributed by atoms with Gasteiger partial charge in [-0.05, 0) is 56.7 Å². The van der Waals surface area contributed by atoms with Gasteiger partial charge in [0.05, 0.1) is 15.9 Å². The lowest BCUT2D eigenvalue weighted by atomic mass is 9.93. The number of carbonyl (C=O) groups is 1. The van der Waals surface area contributed by atoms with E-state index in [0.29, 0.717) is 23.4 Å². The normalized spacial score (nSPS) is 20.0. The molecule has 2 fully saturated rings. The Morgan fingerprint density at radius 2 is 1.54 bits per heavy atom. The summed E-state index contributed by atoms with van der Waals surface area (Å²) in [5.74, 6) is 2.03. The predicted octanol–water partition coefficient (Wildman–Crippen LogP) is 4.45. The van der Waals surface area contributed by atoms with Crippen molar-refractivity contribution in [3.63, 3.8) is 0 Å². The highest BCUT2D eigenvalue weighted by atomic mass is 32.2. The van der Waals surface area contributed by atoms with Crippen LogP contribution in [-0.2, 0) is 14.6 Å². The molecule has 0 bridgehead atoms. The molecule has 2 heterocycles. The lowest BCUT2D eigenvalue weighted by Gasteiger charge is -2.27. The van der Waals surface area contributed by atoms with Gasteiger partial charge >= 0.3 is 0 Å². The van der Waals surface area contributed by atoms with E-state index in [2.05, 4.69) is 25.8 Å². The summed E-state index contributed by atoms with van der Waals surface area (Å²) in [5, 5.41) is 30.8. The van der Waals surface area contributed by atoms with Crippen LogP contribution >= 0.6 is 0 Å². The third-order valence-electron chi connectivity index (χ3n) is 6.86. The minimum atomic E-state index is -3.72. The molecule has 2 aliphatic carbocycles. The summed E-state index contributed by atoms with van der Waals surface area (Å²) in [6.45, 7) is -0.250. The van der Waals surface area contributed by atoms with Gasteiger partial charge in [-0.2, -0.15) is 5.10 Å². The first-order valence-corrected chi connectivity index (χ1v) is 14.0. The third kappa shape index (κ3) is 6.86. The van der Waals surface area contributed by atoms with Crippen molar-refractivity contribution in [3.8, 4) is 0 Å². The van der Waals surface area contributed by atoms with Crippen molar-refractivity contribution >= 4 is 33.8 Å². The number of nitrogens with zero attached hydrogens (tertiary/aromatic N) is 2. The van der Waals surface area contributed by atoms with Crippen molar-refractivity contribution in [1.82, 2.24) is 15.2 Å². The van der Waals surface area contributed by atoms with E-state index in [-0.39, 0.29) is 28.4 Å². The SMILES string of the molecule is O=CO.O=S(=O)(c1ccccc1)c1cc(Nc2cc(C3CCCC3)[nH]n2)nc(NC2CCC(O)CC2)c1. The molecule has 0 radical (unpaired) electrons. The van der Waals surface area contributed by atoms with Crippen molar-refractivity contribution in [2.45, 2.75) is 79.2 Å². The average molecular weight is 528 g/mol. The molecule has 2 aliphatic rings. The number of sulfone groups is 1. The average Bonchev–Trinajstić information content (AvgIpc) is 3.59. The first-order valence-electron chi connectivity index (χ1n) is 12.6. The molecule has 11 heteroatoms. The van der Waals surface area contributed by atoms with E-state index in [1.54, 1.807) is 42.5 Å². The highest BCUT2D eigenvalue weighted by Crippen LogP contribution is 2.34. The molecule has 1 aromatic carbocycles. The molecule has 2 aromatic heterocycles. The third-order valence-corrected chi connectivity index (χ3v) is 8.61. The van der Waals surface area contributed by atoms with Crippen LogP contribution in [0, 0.1) is 0 Å². The highest BCUT2D eigenvalue weighted by Gasteiger charge is 2.24. The van der Waals surface area contributed by atoms with Crippen LogP contribution in [0.2, 0.25) is 0 Å². The van der Waals surface area contributed by atoms with Gasteiger partial charge in [0.25, 0.3) is 6.47 Å². The minimum absolute atomic E-state index is 0.137. The van der Waals surface area contributed by atoms with Gasteiger partial charge in [0.1, 0.15) is 11.6 Å².